The quantitative estimate of drug-likeness (QED) is 0.159. The molecule has 0 saturated heterocycles. The van der Waals surface area contributed by atoms with Gasteiger partial charge in [0, 0.05) is 38.4 Å². The molecule has 0 N–H and O–H groups in total. The van der Waals surface area contributed by atoms with Crippen molar-refractivity contribution >= 4 is 69.0 Å². The van der Waals surface area contributed by atoms with Crippen molar-refractivity contribution in [3.63, 3.8) is 0 Å². The second-order valence-electron chi connectivity index (χ2n) is 14.0. The number of hydrogen-bond acceptors (Lipinski definition) is 4. The van der Waals surface area contributed by atoms with Crippen molar-refractivity contribution < 1.29 is 0 Å². The lowest BCUT2D eigenvalue weighted by Gasteiger charge is -2.32. The highest BCUT2D eigenvalue weighted by molar-refractivity contribution is 7.70. The van der Waals surface area contributed by atoms with Crippen LogP contribution in [0, 0.1) is 0 Å². The second-order valence-corrected chi connectivity index (χ2v) is 15.9. The summed E-state index contributed by atoms with van der Waals surface area (Å²) >= 11 is 0. The number of para-hydroxylation sites is 4. The third-order valence-electron chi connectivity index (χ3n) is 10.6. The van der Waals surface area contributed by atoms with Crippen LogP contribution in [0.15, 0.2) is 206 Å². The van der Waals surface area contributed by atoms with Gasteiger partial charge in [-0.2, -0.15) is 0 Å². The molecule has 1 unspecified atom stereocenters. The molecule has 0 spiro atoms. The van der Waals surface area contributed by atoms with Crippen molar-refractivity contribution in [3.8, 4) is 28.3 Å². The van der Waals surface area contributed by atoms with Crippen LogP contribution < -0.4 is 14.6 Å². The maximum atomic E-state index is 5.28. The minimum atomic E-state index is -0.985. The summed E-state index contributed by atoms with van der Waals surface area (Å²) in [7, 11) is -0.985. The van der Waals surface area contributed by atoms with Crippen molar-refractivity contribution in [2.75, 3.05) is 9.34 Å². The molecule has 8 aromatic carbocycles. The predicted octanol–water partition coefficient (Wildman–Crippen LogP) is 13.0. The zero-order chi connectivity index (χ0) is 37.0. The second kappa shape index (κ2) is 13.3. The first kappa shape index (κ1) is 32.4. The summed E-state index contributed by atoms with van der Waals surface area (Å²) in [6.07, 6.45) is 0. The van der Waals surface area contributed by atoms with Gasteiger partial charge in [0.05, 0.1) is 33.6 Å². The molecule has 0 saturated carbocycles. The van der Waals surface area contributed by atoms with Crippen LogP contribution in [-0.2, 0) is 0 Å². The normalized spacial score (nSPS) is 13.8. The van der Waals surface area contributed by atoms with E-state index in [2.05, 4.69) is 208 Å². The van der Waals surface area contributed by atoms with E-state index in [1.54, 1.807) is 0 Å². The van der Waals surface area contributed by atoms with E-state index >= 15 is 0 Å². The number of rotatable bonds is 6. The van der Waals surface area contributed by atoms with Crippen LogP contribution >= 0.6 is 8.22 Å². The molecular weight excluding hydrogens is 702 g/mol. The summed E-state index contributed by atoms with van der Waals surface area (Å²) in [6, 6.07) is 73.6. The molecule has 11 rings (SSSR count). The Labute approximate surface area is 326 Å². The van der Waals surface area contributed by atoms with E-state index < -0.39 is 8.22 Å². The minimum Gasteiger partial charge on any atom is -0.297 e. The first-order valence-electron chi connectivity index (χ1n) is 18.9. The van der Waals surface area contributed by atoms with Gasteiger partial charge in [0.25, 0.3) is 0 Å². The van der Waals surface area contributed by atoms with E-state index in [4.69, 9.17) is 9.97 Å². The third-order valence-corrected chi connectivity index (χ3v) is 13.1. The molecule has 1 aliphatic rings. The van der Waals surface area contributed by atoms with Gasteiger partial charge in [-0.3, -0.25) is 13.9 Å². The van der Waals surface area contributed by atoms with E-state index in [0.29, 0.717) is 5.95 Å². The van der Waals surface area contributed by atoms with Gasteiger partial charge >= 0.3 is 0 Å². The van der Waals surface area contributed by atoms with E-state index in [0.717, 1.165) is 55.1 Å². The zero-order valence-corrected chi connectivity index (χ0v) is 31.2. The average Bonchev–Trinajstić information content (AvgIpc) is 3.80. The highest BCUT2D eigenvalue weighted by Gasteiger charge is 2.39. The van der Waals surface area contributed by atoms with Crippen molar-refractivity contribution in [1.82, 2.24) is 14.5 Å². The van der Waals surface area contributed by atoms with Crippen molar-refractivity contribution in [2.24, 2.45) is 0 Å². The molecule has 0 fully saturated rings. The van der Waals surface area contributed by atoms with Gasteiger partial charge in [-0.25, -0.2) is 9.97 Å². The van der Waals surface area contributed by atoms with Crippen molar-refractivity contribution in [3.05, 3.63) is 206 Å². The van der Waals surface area contributed by atoms with Crippen LogP contribution in [0.4, 0.5) is 22.7 Å². The molecule has 0 aliphatic carbocycles. The zero-order valence-electron chi connectivity index (χ0n) is 30.3. The van der Waals surface area contributed by atoms with E-state index in [1.807, 2.05) is 12.1 Å². The van der Waals surface area contributed by atoms with Gasteiger partial charge in [-0.1, -0.05) is 146 Å². The summed E-state index contributed by atoms with van der Waals surface area (Å²) in [5.41, 5.74) is 12.1. The van der Waals surface area contributed by atoms with Gasteiger partial charge in [0.1, 0.15) is 8.22 Å². The fourth-order valence-corrected chi connectivity index (χ4v) is 10.6. The minimum absolute atomic E-state index is 0.660. The van der Waals surface area contributed by atoms with Crippen LogP contribution in [0.25, 0.3) is 61.0 Å². The molecule has 0 bridgehead atoms. The number of aromatic nitrogens is 3. The summed E-state index contributed by atoms with van der Waals surface area (Å²) in [4.78, 5) is 10.4. The molecule has 10 aromatic rings. The summed E-state index contributed by atoms with van der Waals surface area (Å²) < 4.78 is 7.29. The number of benzene rings is 8. The molecule has 6 heteroatoms. The van der Waals surface area contributed by atoms with Crippen molar-refractivity contribution in [2.45, 2.75) is 0 Å². The molecule has 2 aromatic heterocycles. The van der Waals surface area contributed by atoms with Gasteiger partial charge in [-0.05, 0) is 71.8 Å². The number of fused-ring (bicyclic) bond motifs is 5. The van der Waals surface area contributed by atoms with Crippen LogP contribution in [-0.4, -0.2) is 14.5 Å². The molecule has 3 heterocycles. The molecule has 56 heavy (non-hydrogen) atoms. The number of anilines is 4. The monoisotopic (exact) mass is 735 g/mol. The fourth-order valence-electron chi connectivity index (χ4n) is 8.12. The van der Waals surface area contributed by atoms with E-state index in [9.17, 15) is 0 Å². The Kier molecular flexibility index (Phi) is 7.72. The Bertz CT molecular complexity index is 3040. The number of hydrogen-bond donors (Lipinski definition) is 0. The van der Waals surface area contributed by atoms with E-state index in [1.165, 1.54) is 28.1 Å². The fraction of sp³-hybridized carbons (Fsp3) is 0. The van der Waals surface area contributed by atoms with Crippen LogP contribution in [0.1, 0.15) is 0 Å². The van der Waals surface area contributed by atoms with Crippen LogP contribution in [0.3, 0.4) is 0 Å². The highest BCUT2D eigenvalue weighted by Crippen LogP contribution is 2.65. The predicted molar refractivity (Wildman–Crippen MR) is 235 cm³/mol. The van der Waals surface area contributed by atoms with Crippen LogP contribution in [0.5, 0.6) is 0 Å². The Hall–Kier alpha value is -7.07. The maximum Gasteiger partial charge on any atom is 0.235 e. The van der Waals surface area contributed by atoms with Gasteiger partial charge in [0.15, 0.2) is 0 Å². The number of nitrogens with zero attached hydrogens (tertiary/aromatic N) is 5. The molecule has 1 atom stereocenters. The largest absolute Gasteiger partial charge is 0.297 e. The van der Waals surface area contributed by atoms with E-state index in [-0.39, 0.29) is 0 Å². The first-order valence-corrected chi connectivity index (χ1v) is 20.1. The SMILES string of the molecule is c1ccc(-c2nc(-n3c4ccccc4c4cc(-c5ccc6c(c5)N(c5ccccc5)P(c5ccccc5)N6c5ccccc5)ccc43)nc3ccccc23)cc1. The smallest absolute Gasteiger partial charge is 0.235 e. The molecule has 5 nitrogen and oxygen atoms in total. The topological polar surface area (TPSA) is 37.2 Å². The highest BCUT2D eigenvalue weighted by atomic mass is 31.1. The Morgan fingerprint density at radius 3 is 1.66 bits per heavy atom. The van der Waals surface area contributed by atoms with Crippen LogP contribution in [0.2, 0.25) is 0 Å². The van der Waals surface area contributed by atoms with Gasteiger partial charge in [-0.15, -0.1) is 0 Å². The Morgan fingerprint density at radius 1 is 0.375 bits per heavy atom. The third kappa shape index (κ3) is 5.28. The summed E-state index contributed by atoms with van der Waals surface area (Å²) in [6.45, 7) is 0. The average molecular weight is 736 g/mol. The summed E-state index contributed by atoms with van der Waals surface area (Å²) in [5, 5.41) is 4.65. The summed E-state index contributed by atoms with van der Waals surface area (Å²) in [5.74, 6) is 0.660. The molecule has 1 aliphatic heterocycles. The lowest BCUT2D eigenvalue weighted by Crippen LogP contribution is -2.21. The lowest BCUT2D eigenvalue weighted by atomic mass is 10.0. The molecule has 264 valence electrons. The molecule has 0 radical (unpaired) electrons. The standard InChI is InChI=1S/C50H34N5P/c1-5-17-35(18-6-1)49-42-26-13-15-27-44(42)51-50(52-49)53-45-28-16-14-25-41(45)43-33-36(29-31-46(43)53)37-30-32-47-48(34-37)55(39-21-9-3-10-22-39)56(40-23-11-4-12-24-40)54(47)38-19-7-2-8-20-38/h1-34H. The first-order chi connectivity index (χ1) is 27.8. The maximum absolute atomic E-state index is 5.28. The van der Waals surface area contributed by atoms with Crippen molar-refractivity contribution in [1.29, 1.82) is 0 Å². The van der Waals surface area contributed by atoms with Gasteiger partial charge in [0.2, 0.25) is 5.95 Å². The van der Waals surface area contributed by atoms with Gasteiger partial charge < -0.3 is 0 Å². The molecular formula is C50H34N5P. The Morgan fingerprint density at radius 2 is 0.929 bits per heavy atom. The molecule has 0 amide bonds. The lowest BCUT2D eigenvalue weighted by molar-refractivity contribution is 1.01. The Balaban J connectivity index is 1.10.